The van der Waals surface area contributed by atoms with Gasteiger partial charge < -0.3 is 10.1 Å². The fourth-order valence-electron chi connectivity index (χ4n) is 2.52. The maximum absolute atomic E-state index is 6.01. The zero-order valence-corrected chi connectivity index (χ0v) is 13.2. The minimum atomic E-state index is 0.458. The fraction of sp³-hybridized carbons (Fsp3) is 0.600. The molecular weight excluding hydrogens is 337 g/mol. The maximum atomic E-state index is 6.01. The van der Waals surface area contributed by atoms with Gasteiger partial charge in [0, 0.05) is 9.61 Å². The van der Waals surface area contributed by atoms with Crippen molar-refractivity contribution in [3.63, 3.8) is 0 Å². The van der Waals surface area contributed by atoms with Crippen LogP contribution in [0.5, 0.6) is 0 Å². The van der Waals surface area contributed by atoms with Gasteiger partial charge in [-0.3, -0.25) is 0 Å². The summed E-state index contributed by atoms with van der Waals surface area (Å²) < 4.78 is 7.29. The van der Waals surface area contributed by atoms with Crippen molar-refractivity contribution >= 4 is 22.6 Å². The van der Waals surface area contributed by atoms with E-state index in [0.717, 1.165) is 13.2 Å². The van der Waals surface area contributed by atoms with Gasteiger partial charge in [0.2, 0.25) is 0 Å². The van der Waals surface area contributed by atoms with E-state index in [2.05, 4.69) is 59.1 Å². The van der Waals surface area contributed by atoms with Crippen LogP contribution in [0.2, 0.25) is 0 Å². The van der Waals surface area contributed by atoms with Gasteiger partial charge in [-0.25, -0.2) is 0 Å². The van der Waals surface area contributed by atoms with Crippen LogP contribution >= 0.6 is 22.6 Å². The van der Waals surface area contributed by atoms with Crippen LogP contribution in [0.1, 0.15) is 38.2 Å². The zero-order chi connectivity index (χ0) is 12.8. The highest BCUT2D eigenvalue weighted by atomic mass is 127. The van der Waals surface area contributed by atoms with Gasteiger partial charge >= 0.3 is 0 Å². The van der Waals surface area contributed by atoms with Crippen molar-refractivity contribution < 1.29 is 4.74 Å². The fourth-order valence-corrected chi connectivity index (χ4v) is 2.88. The first-order valence-corrected chi connectivity index (χ1v) is 7.95. The molecule has 0 saturated heterocycles. The molecule has 100 valence electrons. The van der Waals surface area contributed by atoms with E-state index in [1.807, 2.05) is 0 Å². The summed E-state index contributed by atoms with van der Waals surface area (Å²) in [6.07, 6.45) is 5.36. The molecule has 0 unspecified atom stereocenters. The van der Waals surface area contributed by atoms with Gasteiger partial charge in [0.05, 0.1) is 12.7 Å². The third-order valence-corrected chi connectivity index (χ3v) is 4.29. The van der Waals surface area contributed by atoms with Crippen molar-refractivity contribution in [2.45, 2.75) is 51.4 Å². The Morgan fingerprint density at radius 3 is 2.44 bits per heavy atom. The standard InChI is InChI=1S/C15H22INO/c1-2-17-14-7-9-15(10-8-14)18-11-12-3-5-13(16)6-4-12/h3-6,14-15,17H,2,7-11H2,1H3. The van der Waals surface area contributed by atoms with Crippen LogP contribution in [0, 0.1) is 3.57 Å². The number of hydrogen-bond donors (Lipinski definition) is 1. The summed E-state index contributed by atoms with van der Waals surface area (Å²) in [6, 6.07) is 9.31. The van der Waals surface area contributed by atoms with E-state index in [9.17, 15) is 0 Å². The first kappa shape index (κ1) is 14.3. The van der Waals surface area contributed by atoms with Crippen molar-refractivity contribution in [1.82, 2.24) is 5.32 Å². The predicted molar refractivity (Wildman–Crippen MR) is 83.7 cm³/mol. The van der Waals surface area contributed by atoms with Crippen LogP contribution in [0.3, 0.4) is 0 Å². The van der Waals surface area contributed by atoms with Crippen LogP contribution < -0.4 is 5.32 Å². The molecule has 3 heteroatoms. The van der Waals surface area contributed by atoms with E-state index in [0.29, 0.717) is 12.1 Å². The first-order valence-electron chi connectivity index (χ1n) is 6.87. The lowest BCUT2D eigenvalue weighted by Crippen LogP contribution is -2.35. The lowest BCUT2D eigenvalue weighted by molar-refractivity contribution is 0.0114. The summed E-state index contributed by atoms with van der Waals surface area (Å²) in [5.74, 6) is 0. The highest BCUT2D eigenvalue weighted by Gasteiger charge is 2.20. The Balaban J connectivity index is 1.70. The quantitative estimate of drug-likeness (QED) is 0.809. The number of nitrogens with one attached hydrogen (secondary N) is 1. The molecular formula is C15H22INO. The average molecular weight is 359 g/mol. The average Bonchev–Trinajstić information content (AvgIpc) is 2.40. The third-order valence-electron chi connectivity index (χ3n) is 3.57. The molecule has 2 rings (SSSR count). The Morgan fingerprint density at radius 1 is 1.17 bits per heavy atom. The molecule has 1 aromatic carbocycles. The summed E-state index contributed by atoms with van der Waals surface area (Å²) in [6.45, 7) is 4.02. The molecule has 0 aromatic heterocycles. The SMILES string of the molecule is CCNC1CCC(OCc2ccc(I)cc2)CC1. The van der Waals surface area contributed by atoms with Gasteiger partial charge in [-0.1, -0.05) is 19.1 Å². The minimum Gasteiger partial charge on any atom is -0.374 e. The molecule has 1 saturated carbocycles. The Labute approximate surface area is 124 Å². The summed E-state index contributed by atoms with van der Waals surface area (Å²) in [5.41, 5.74) is 1.28. The molecule has 1 aromatic rings. The van der Waals surface area contributed by atoms with Gasteiger partial charge in [0.25, 0.3) is 0 Å². The van der Waals surface area contributed by atoms with E-state index in [-0.39, 0.29) is 0 Å². The lowest BCUT2D eigenvalue weighted by atomic mass is 9.93. The maximum Gasteiger partial charge on any atom is 0.0720 e. The highest BCUT2D eigenvalue weighted by Crippen LogP contribution is 2.22. The van der Waals surface area contributed by atoms with Gasteiger partial charge in [0.15, 0.2) is 0 Å². The molecule has 0 heterocycles. The number of ether oxygens (including phenoxy) is 1. The molecule has 0 amide bonds. The lowest BCUT2D eigenvalue weighted by Gasteiger charge is -2.29. The van der Waals surface area contributed by atoms with Crippen molar-refractivity contribution in [3.8, 4) is 0 Å². The van der Waals surface area contributed by atoms with Gasteiger partial charge in [0.1, 0.15) is 0 Å². The number of halogens is 1. The molecule has 0 bridgehead atoms. The van der Waals surface area contributed by atoms with Crippen molar-refractivity contribution in [2.24, 2.45) is 0 Å². The summed E-state index contributed by atoms with van der Waals surface area (Å²) in [5, 5.41) is 3.53. The number of benzene rings is 1. The highest BCUT2D eigenvalue weighted by molar-refractivity contribution is 14.1. The number of hydrogen-bond acceptors (Lipinski definition) is 2. The molecule has 0 atom stereocenters. The molecule has 0 radical (unpaired) electrons. The third kappa shape index (κ3) is 4.52. The minimum absolute atomic E-state index is 0.458. The van der Waals surface area contributed by atoms with Crippen LogP contribution in [-0.2, 0) is 11.3 Å². The van der Waals surface area contributed by atoms with Crippen molar-refractivity contribution in [3.05, 3.63) is 33.4 Å². The first-order chi connectivity index (χ1) is 8.78. The topological polar surface area (TPSA) is 21.3 Å². The second-order valence-electron chi connectivity index (χ2n) is 4.97. The van der Waals surface area contributed by atoms with E-state index in [4.69, 9.17) is 4.74 Å². The second kappa shape index (κ2) is 7.46. The molecule has 1 N–H and O–H groups in total. The van der Waals surface area contributed by atoms with Crippen LogP contribution in [-0.4, -0.2) is 18.7 Å². The smallest absolute Gasteiger partial charge is 0.0720 e. The molecule has 1 aliphatic carbocycles. The summed E-state index contributed by atoms with van der Waals surface area (Å²) in [4.78, 5) is 0. The van der Waals surface area contributed by atoms with E-state index < -0.39 is 0 Å². The predicted octanol–water partition coefficient (Wildman–Crippen LogP) is 3.73. The monoisotopic (exact) mass is 359 g/mol. The van der Waals surface area contributed by atoms with E-state index in [1.165, 1.54) is 34.8 Å². The van der Waals surface area contributed by atoms with Gasteiger partial charge in [-0.05, 0) is 72.5 Å². The van der Waals surface area contributed by atoms with Crippen LogP contribution in [0.15, 0.2) is 24.3 Å². The van der Waals surface area contributed by atoms with Crippen molar-refractivity contribution in [2.75, 3.05) is 6.54 Å². The van der Waals surface area contributed by atoms with Gasteiger partial charge in [-0.2, -0.15) is 0 Å². The Morgan fingerprint density at radius 2 is 1.83 bits per heavy atom. The van der Waals surface area contributed by atoms with Crippen LogP contribution in [0.25, 0.3) is 0 Å². The molecule has 0 spiro atoms. The van der Waals surface area contributed by atoms with Crippen LogP contribution in [0.4, 0.5) is 0 Å². The summed E-state index contributed by atoms with van der Waals surface area (Å²) in [7, 11) is 0. The van der Waals surface area contributed by atoms with E-state index in [1.54, 1.807) is 0 Å². The van der Waals surface area contributed by atoms with Crippen molar-refractivity contribution in [1.29, 1.82) is 0 Å². The molecule has 18 heavy (non-hydrogen) atoms. The number of rotatable bonds is 5. The second-order valence-corrected chi connectivity index (χ2v) is 6.21. The van der Waals surface area contributed by atoms with Gasteiger partial charge in [-0.15, -0.1) is 0 Å². The molecule has 1 fully saturated rings. The normalized spacial score (nSPS) is 24.1. The molecule has 2 nitrogen and oxygen atoms in total. The Kier molecular flexibility index (Phi) is 5.92. The Hall–Kier alpha value is -0.130. The Bertz CT molecular complexity index is 344. The zero-order valence-electron chi connectivity index (χ0n) is 11.0. The summed E-state index contributed by atoms with van der Waals surface area (Å²) >= 11 is 2.33. The molecule has 1 aliphatic rings. The largest absolute Gasteiger partial charge is 0.374 e. The molecule has 0 aliphatic heterocycles. The van der Waals surface area contributed by atoms with E-state index >= 15 is 0 Å².